The lowest BCUT2D eigenvalue weighted by atomic mass is 10.1. The molecule has 0 saturated heterocycles. The predicted molar refractivity (Wildman–Crippen MR) is 115 cm³/mol. The van der Waals surface area contributed by atoms with E-state index in [1.807, 2.05) is 18.2 Å². The number of methoxy groups -OCH3 is 1. The Labute approximate surface area is 179 Å². The van der Waals surface area contributed by atoms with E-state index in [0.717, 1.165) is 16.5 Å². The Morgan fingerprint density at radius 1 is 1.26 bits per heavy atom. The topological polar surface area (TPSA) is 99.9 Å². The molecule has 0 radical (unpaired) electrons. The summed E-state index contributed by atoms with van der Waals surface area (Å²) in [4.78, 5) is 23.9. The van der Waals surface area contributed by atoms with Gasteiger partial charge in [0.05, 0.1) is 30.8 Å². The molecule has 0 aliphatic heterocycles. The maximum absolute atomic E-state index is 12.7. The van der Waals surface area contributed by atoms with Gasteiger partial charge in [-0.25, -0.2) is 9.48 Å². The lowest BCUT2D eigenvalue weighted by Gasteiger charge is -2.13. The largest absolute Gasteiger partial charge is 0.501 e. The van der Waals surface area contributed by atoms with Crippen molar-refractivity contribution in [3.63, 3.8) is 0 Å². The maximum atomic E-state index is 12.7. The molecule has 164 valence electrons. The second kappa shape index (κ2) is 10.6. The second-order valence-corrected chi connectivity index (χ2v) is 6.93. The van der Waals surface area contributed by atoms with Crippen LogP contribution >= 0.6 is 0 Å². The van der Waals surface area contributed by atoms with E-state index in [1.165, 1.54) is 4.68 Å². The van der Waals surface area contributed by atoms with Gasteiger partial charge >= 0.3 is 5.97 Å². The van der Waals surface area contributed by atoms with E-state index >= 15 is 0 Å². The van der Waals surface area contributed by atoms with E-state index < -0.39 is 12.1 Å². The van der Waals surface area contributed by atoms with Crippen molar-refractivity contribution in [2.75, 3.05) is 20.3 Å². The fraction of sp³-hybridized carbons (Fsp3) is 0.348. The summed E-state index contributed by atoms with van der Waals surface area (Å²) >= 11 is 0. The van der Waals surface area contributed by atoms with Crippen molar-refractivity contribution in [2.45, 2.75) is 32.4 Å². The summed E-state index contributed by atoms with van der Waals surface area (Å²) in [7, 11) is 1.60. The number of aromatic nitrogens is 2. The van der Waals surface area contributed by atoms with Crippen molar-refractivity contribution < 1.29 is 24.1 Å². The molecular weight excluding hydrogens is 400 g/mol. The molecule has 1 unspecified atom stereocenters. The minimum atomic E-state index is -0.982. The number of benzene rings is 1. The summed E-state index contributed by atoms with van der Waals surface area (Å²) < 4.78 is 17.6. The molecule has 2 aromatic rings. The van der Waals surface area contributed by atoms with Crippen LogP contribution in [-0.4, -0.2) is 47.3 Å². The number of allylic oxidation sites excluding steroid dienone is 2. The van der Waals surface area contributed by atoms with E-state index in [0.29, 0.717) is 30.5 Å². The summed E-state index contributed by atoms with van der Waals surface area (Å²) in [6.45, 7) is 2.67. The number of carboxylic acid groups (broad SMARTS) is 1. The zero-order valence-corrected chi connectivity index (χ0v) is 17.6. The van der Waals surface area contributed by atoms with Crippen molar-refractivity contribution in [3.8, 4) is 5.75 Å². The molecule has 0 bridgehead atoms. The predicted octanol–water partition coefficient (Wildman–Crippen LogP) is 0.849. The van der Waals surface area contributed by atoms with Crippen LogP contribution in [-0.2, 0) is 27.2 Å². The van der Waals surface area contributed by atoms with Crippen molar-refractivity contribution in [2.24, 2.45) is 0 Å². The fourth-order valence-corrected chi connectivity index (χ4v) is 3.22. The molecule has 1 aliphatic rings. The monoisotopic (exact) mass is 426 g/mol. The quantitative estimate of drug-likeness (QED) is 0.601. The second-order valence-electron chi connectivity index (χ2n) is 6.93. The first-order chi connectivity index (χ1) is 15.0. The highest BCUT2D eigenvalue weighted by Crippen LogP contribution is 2.14. The summed E-state index contributed by atoms with van der Waals surface area (Å²) in [5.74, 6) is 0.428. The highest BCUT2D eigenvalue weighted by molar-refractivity contribution is 5.72. The summed E-state index contributed by atoms with van der Waals surface area (Å²) in [6, 6.07) is 7.16. The minimum Gasteiger partial charge on any atom is -0.501 e. The Morgan fingerprint density at radius 3 is 2.71 bits per heavy atom. The van der Waals surface area contributed by atoms with E-state index in [1.54, 1.807) is 44.5 Å². The number of hydrogen-bond acceptors (Lipinski definition) is 6. The van der Waals surface area contributed by atoms with Crippen LogP contribution in [0.15, 0.2) is 47.1 Å². The SMILES string of the molecule is CCOC(Cc1ccc(OCCn2ncc3c(c2=O)=CC=C(OC)CC=3)cc1)C(=O)O. The van der Waals surface area contributed by atoms with Gasteiger partial charge in [0.2, 0.25) is 0 Å². The Morgan fingerprint density at radius 2 is 2.03 bits per heavy atom. The van der Waals surface area contributed by atoms with Gasteiger partial charge in [-0.3, -0.25) is 4.79 Å². The third-order valence-electron chi connectivity index (χ3n) is 4.89. The van der Waals surface area contributed by atoms with Gasteiger partial charge in [-0.1, -0.05) is 18.2 Å². The lowest BCUT2D eigenvalue weighted by molar-refractivity contribution is -0.149. The van der Waals surface area contributed by atoms with Crippen LogP contribution in [0.4, 0.5) is 0 Å². The molecule has 3 rings (SSSR count). The molecule has 1 aromatic heterocycles. The molecule has 31 heavy (non-hydrogen) atoms. The molecule has 0 fully saturated rings. The molecule has 1 atom stereocenters. The van der Waals surface area contributed by atoms with Crippen molar-refractivity contribution >= 4 is 18.1 Å². The number of ether oxygens (including phenoxy) is 3. The molecule has 1 N–H and O–H groups in total. The van der Waals surface area contributed by atoms with Crippen LogP contribution in [0.25, 0.3) is 12.2 Å². The van der Waals surface area contributed by atoms with Crippen LogP contribution in [0.1, 0.15) is 18.9 Å². The molecule has 1 heterocycles. The van der Waals surface area contributed by atoms with Gasteiger partial charge < -0.3 is 19.3 Å². The normalized spacial score (nSPS) is 13.7. The minimum absolute atomic E-state index is 0.183. The summed E-state index contributed by atoms with van der Waals surface area (Å²) in [5.41, 5.74) is 0.657. The molecule has 0 spiro atoms. The average Bonchev–Trinajstić information content (AvgIpc) is 2.99. The van der Waals surface area contributed by atoms with Crippen molar-refractivity contribution in [1.29, 1.82) is 0 Å². The third kappa shape index (κ3) is 5.82. The van der Waals surface area contributed by atoms with Gasteiger partial charge in [0, 0.05) is 24.7 Å². The van der Waals surface area contributed by atoms with Gasteiger partial charge in [0.15, 0.2) is 6.10 Å². The number of nitrogens with zero attached hydrogens (tertiary/aromatic N) is 2. The highest BCUT2D eigenvalue weighted by Gasteiger charge is 2.17. The number of rotatable bonds is 10. The van der Waals surface area contributed by atoms with E-state index in [9.17, 15) is 14.7 Å². The number of aliphatic carboxylic acids is 1. The average molecular weight is 426 g/mol. The van der Waals surface area contributed by atoms with E-state index in [4.69, 9.17) is 14.2 Å². The first-order valence-electron chi connectivity index (χ1n) is 10.1. The van der Waals surface area contributed by atoms with Gasteiger partial charge in [-0.15, -0.1) is 0 Å². The number of fused-ring (bicyclic) bond motifs is 1. The highest BCUT2D eigenvalue weighted by atomic mass is 16.5. The van der Waals surface area contributed by atoms with Gasteiger partial charge in [-0.2, -0.15) is 5.10 Å². The number of carboxylic acids is 1. The first kappa shape index (κ1) is 22.3. The van der Waals surface area contributed by atoms with Crippen LogP contribution in [0, 0.1) is 0 Å². The standard InChI is InChI=1S/C23H26N2O6/c1-3-30-21(23(27)28)14-16-4-7-19(8-5-16)31-13-12-25-22(26)20-11-10-18(29-2)9-6-17(20)15-24-25/h4-8,10-11,15,21H,3,9,12-14H2,1-2H3,(H,27,28). The van der Waals surface area contributed by atoms with Gasteiger partial charge in [-0.05, 0) is 36.8 Å². The zero-order valence-electron chi connectivity index (χ0n) is 17.6. The Balaban J connectivity index is 1.62. The zero-order chi connectivity index (χ0) is 22.2. The smallest absolute Gasteiger partial charge is 0.333 e. The van der Waals surface area contributed by atoms with Crippen LogP contribution in [0.3, 0.4) is 0 Å². The number of hydrogen-bond donors (Lipinski definition) is 1. The molecule has 1 aliphatic carbocycles. The molecule has 1 aromatic carbocycles. The third-order valence-corrected chi connectivity index (χ3v) is 4.89. The van der Waals surface area contributed by atoms with Crippen LogP contribution in [0.5, 0.6) is 5.75 Å². The summed E-state index contributed by atoms with van der Waals surface area (Å²) in [5, 5.41) is 14.8. The fourth-order valence-electron chi connectivity index (χ4n) is 3.22. The Bertz CT molecular complexity index is 1120. The van der Waals surface area contributed by atoms with Crippen molar-refractivity contribution in [1.82, 2.24) is 9.78 Å². The Hall–Kier alpha value is -3.39. The number of carbonyl (C=O) groups is 1. The maximum Gasteiger partial charge on any atom is 0.333 e. The molecule has 8 nitrogen and oxygen atoms in total. The van der Waals surface area contributed by atoms with Crippen LogP contribution in [0.2, 0.25) is 0 Å². The van der Waals surface area contributed by atoms with Crippen LogP contribution < -0.4 is 20.7 Å². The molecular formula is C23H26N2O6. The molecule has 8 heteroatoms. The van der Waals surface area contributed by atoms with E-state index in [2.05, 4.69) is 5.10 Å². The van der Waals surface area contributed by atoms with E-state index in [-0.39, 0.29) is 18.6 Å². The van der Waals surface area contributed by atoms with Crippen molar-refractivity contribution in [3.05, 3.63) is 68.7 Å². The lowest BCUT2D eigenvalue weighted by Crippen LogP contribution is -2.46. The summed E-state index contributed by atoms with van der Waals surface area (Å²) in [6.07, 6.45) is 7.17. The Kier molecular flexibility index (Phi) is 7.61. The molecule has 0 amide bonds. The molecule has 0 saturated carbocycles. The first-order valence-corrected chi connectivity index (χ1v) is 10.1. The van der Waals surface area contributed by atoms with Gasteiger partial charge in [0.25, 0.3) is 5.56 Å². The van der Waals surface area contributed by atoms with Gasteiger partial charge in [0.1, 0.15) is 12.4 Å².